The second-order valence-corrected chi connectivity index (χ2v) is 7.98. The van der Waals surface area contributed by atoms with Crippen molar-refractivity contribution in [3.63, 3.8) is 0 Å². The number of benzene rings is 1. The fourth-order valence-corrected chi connectivity index (χ4v) is 4.21. The first-order valence-corrected chi connectivity index (χ1v) is 9.65. The Morgan fingerprint density at radius 3 is 2.70 bits per heavy atom. The SMILES string of the molecule is Cl.O=C1C[C@H]2CC[C@@H](CN1CC(=O)N(Cc1c(F)cccc1Cl)C1CC1)N2. The van der Waals surface area contributed by atoms with Crippen LogP contribution in [0.2, 0.25) is 5.02 Å². The van der Waals surface area contributed by atoms with Gasteiger partial charge in [0.15, 0.2) is 0 Å². The average molecular weight is 416 g/mol. The molecule has 3 aliphatic rings. The van der Waals surface area contributed by atoms with Gasteiger partial charge in [0.2, 0.25) is 11.8 Å². The number of carbonyl (C=O) groups is 2. The van der Waals surface area contributed by atoms with Gasteiger partial charge in [-0.2, -0.15) is 0 Å². The molecular formula is C19H24Cl2FN3O2. The molecule has 2 heterocycles. The van der Waals surface area contributed by atoms with E-state index in [2.05, 4.69) is 5.32 Å². The number of nitrogens with zero attached hydrogens (tertiary/aromatic N) is 2. The van der Waals surface area contributed by atoms with Crippen LogP contribution in [0.25, 0.3) is 0 Å². The first kappa shape index (κ1) is 20.4. The van der Waals surface area contributed by atoms with E-state index in [9.17, 15) is 14.0 Å². The van der Waals surface area contributed by atoms with Crippen molar-refractivity contribution in [2.75, 3.05) is 13.1 Å². The molecule has 8 heteroatoms. The third-order valence-corrected chi connectivity index (χ3v) is 5.93. The van der Waals surface area contributed by atoms with E-state index in [1.165, 1.54) is 6.07 Å². The fraction of sp³-hybridized carbons (Fsp3) is 0.579. The predicted molar refractivity (Wildman–Crippen MR) is 103 cm³/mol. The summed E-state index contributed by atoms with van der Waals surface area (Å²) in [4.78, 5) is 28.7. The number of halogens is 3. The van der Waals surface area contributed by atoms with Gasteiger partial charge in [-0.15, -0.1) is 12.4 Å². The van der Waals surface area contributed by atoms with Crippen molar-refractivity contribution >= 4 is 35.8 Å². The molecule has 1 aliphatic carbocycles. The van der Waals surface area contributed by atoms with E-state index in [4.69, 9.17) is 11.6 Å². The maximum atomic E-state index is 14.1. The van der Waals surface area contributed by atoms with Crippen molar-refractivity contribution in [3.8, 4) is 0 Å². The van der Waals surface area contributed by atoms with Gasteiger partial charge in [-0.05, 0) is 37.8 Å². The van der Waals surface area contributed by atoms with Crippen LogP contribution in [0.1, 0.15) is 37.7 Å². The summed E-state index contributed by atoms with van der Waals surface area (Å²) >= 11 is 6.13. The molecular weight excluding hydrogens is 392 g/mol. The number of nitrogens with one attached hydrogen (secondary N) is 1. The van der Waals surface area contributed by atoms with Crippen molar-refractivity contribution in [3.05, 3.63) is 34.6 Å². The number of carbonyl (C=O) groups excluding carboxylic acids is 2. The Kier molecular flexibility index (Phi) is 6.28. The van der Waals surface area contributed by atoms with Crippen LogP contribution in [-0.2, 0) is 16.1 Å². The summed E-state index contributed by atoms with van der Waals surface area (Å²) in [6.07, 6.45) is 4.35. The molecule has 1 aromatic rings. The zero-order valence-electron chi connectivity index (χ0n) is 15.0. The highest BCUT2D eigenvalue weighted by atomic mass is 35.5. The van der Waals surface area contributed by atoms with Gasteiger partial charge in [0.1, 0.15) is 5.82 Å². The second kappa shape index (κ2) is 8.33. The summed E-state index contributed by atoms with van der Waals surface area (Å²) in [5.74, 6) is -0.501. The first-order chi connectivity index (χ1) is 12.5. The van der Waals surface area contributed by atoms with Crippen LogP contribution < -0.4 is 5.32 Å². The standard InChI is InChI=1S/C19H23ClFN3O2.ClH/c20-16-2-1-3-17(21)15(16)10-24(14-6-7-14)19(26)11-23-9-13-5-4-12(22-13)8-18(23)25;/h1-3,12-14,22H,4-11H2;1H/t12-,13+;/m1./s1. The monoisotopic (exact) mass is 415 g/mol. The van der Waals surface area contributed by atoms with Crippen LogP contribution in [-0.4, -0.2) is 52.8 Å². The number of rotatable bonds is 5. The van der Waals surface area contributed by atoms with Crippen LogP contribution >= 0.6 is 24.0 Å². The molecule has 2 bridgehead atoms. The summed E-state index contributed by atoms with van der Waals surface area (Å²) < 4.78 is 14.1. The zero-order chi connectivity index (χ0) is 18.3. The average Bonchev–Trinajstić information content (AvgIpc) is 3.35. The van der Waals surface area contributed by atoms with E-state index in [0.717, 1.165) is 25.7 Å². The lowest BCUT2D eigenvalue weighted by molar-refractivity contribution is -0.141. The molecule has 2 amide bonds. The normalized spacial score (nSPS) is 24.4. The van der Waals surface area contributed by atoms with E-state index >= 15 is 0 Å². The van der Waals surface area contributed by atoms with E-state index in [1.807, 2.05) is 0 Å². The minimum Gasteiger partial charge on any atom is -0.334 e. The Labute approximate surface area is 169 Å². The minimum absolute atomic E-state index is 0. The maximum absolute atomic E-state index is 14.1. The second-order valence-electron chi connectivity index (χ2n) is 7.57. The van der Waals surface area contributed by atoms with Gasteiger partial charge in [0, 0.05) is 41.7 Å². The summed E-state index contributed by atoms with van der Waals surface area (Å²) in [5, 5.41) is 3.78. The highest BCUT2D eigenvalue weighted by molar-refractivity contribution is 6.31. The number of likely N-dealkylation sites (tertiary alicyclic amines) is 1. The molecule has 0 unspecified atom stereocenters. The molecule has 0 spiro atoms. The molecule has 1 N–H and O–H groups in total. The zero-order valence-corrected chi connectivity index (χ0v) is 16.6. The number of amides is 2. The Bertz CT molecular complexity index is 709. The Morgan fingerprint density at radius 2 is 2.00 bits per heavy atom. The van der Waals surface area contributed by atoms with E-state index < -0.39 is 5.82 Å². The minimum atomic E-state index is -0.400. The lowest BCUT2D eigenvalue weighted by Gasteiger charge is -2.29. The molecule has 2 saturated heterocycles. The van der Waals surface area contributed by atoms with Crippen LogP contribution in [0.15, 0.2) is 18.2 Å². The summed E-state index contributed by atoms with van der Waals surface area (Å²) in [5.41, 5.74) is 0.345. The molecule has 148 valence electrons. The fourth-order valence-electron chi connectivity index (χ4n) is 3.98. The summed E-state index contributed by atoms with van der Waals surface area (Å²) in [6, 6.07) is 5.18. The predicted octanol–water partition coefficient (Wildman–Crippen LogP) is 2.74. The number of hydrogen-bond acceptors (Lipinski definition) is 3. The largest absolute Gasteiger partial charge is 0.334 e. The Hall–Kier alpha value is -1.37. The van der Waals surface area contributed by atoms with Crippen molar-refractivity contribution in [1.29, 1.82) is 0 Å². The van der Waals surface area contributed by atoms with E-state index in [-0.39, 0.29) is 55.4 Å². The highest BCUT2D eigenvalue weighted by Gasteiger charge is 2.37. The number of hydrogen-bond donors (Lipinski definition) is 1. The van der Waals surface area contributed by atoms with Crippen LogP contribution in [0.5, 0.6) is 0 Å². The van der Waals surface area contributed by atoms with Crippen LogP contribution in [0, 0.1) is 5.82 Å². The molecule has 1 aromatic carbocycles. The Balaban J connectivity index is 0.00000210. The molecule has 2 aliphatic heterocycles. The molecule has 27 heavy (non-hydrogen) atoms. The van der Waals surface area contributed by atoms with Crippen LogP contribution in [0.3, 0.4) is 0 Å². The third kappa shape index (κ3) is 4.55. The Morgan fingerprint density at radius 1 is 1.26 bits per heavy atom. The molecule has 2 atom stereocenters. The van der Waals surface area contributed by atoms with Gasteiger partial charge in [-0.1, -0.05) is 17.7 Å². The van der Waals surface area contributed by atoms with E-state index in [0.29, 0.717) is 23.6 Å². The van der Waals surface area contributed by atoms with Crippen molar-refractivity contribution < 1.29 is 14.0 Å². The molecule has 4 rings (SSSR count). The van der Waals surface area contributed by atoms with Gasteiger partial charge in [0.25, 0.3) is 0 Å². The quantitative estimate of drug-likeness (QED) is 0.803. The first-order valence-electron chi connectivity index (χ1n) is 9.27. The summed E-state index contributed by atoms with van der Waals surface area (Å²) in [7, 11) is 0. The van der Waals surface area contributed by atoms with Gasteiger partial charge >= 0.3 is 0 Å². The van der Waals surface area contributed by atoms with Gasteiger partial charge in [-0.3, -0.25) is 9.59 Å². The third-order valence-electron chi connectivity index (χ3n) is 5.57. The van der Waals surface area contributed by atoms with Crippen molar-refractivity contribution in [1.82, 2.24) is 15.1 Å². The molecule has 5 nitrogen and oxygen atoms in total. The maximum Gasteiger partial charge on any atom is 0.242 e. The van der Waals surface area contributed by atoms with Gasteiger partial charge in [0.05, 0.1) is 13.1 Å². The van der Waals surface area contributed by atoms with Crippen molar-refractivity contribution in [2.45, 2.75) is 56.8 Å². The smallest absolute Gasteiger partial charge is 0.242 e. The van der Waals surface area contributed by atoms with Gasteiger partial charge in [-0.25, -0.2) is 4.39 Å². The topological polar surface area (TPSA) is 52.7 Å². The van der Waals surface area contributed by atoms with Crippen molar-refractivity contribution in [2.24, 2.45) is 0 Å². The highest BCUT2D eigenvalue weighted by Crippen LogP contribution is 2.31. The lowest BCUT2D eigenvalue weighted by Crippen LogP contribution is -2.46. The van der Waals surface area contributed by atoms with Crippen LogP contribution in [0.4, 0.5) is 4.39 Å². The molecule has 0 aromatic heterocycles. The van der Waals surface area contributed by atoms with E-state index in [1.54, 1.807) is 21.9 Å². The molecule has 0 radical (unpaired) electrons. The molecule has 3 fully saturated rings. The molecule has 1 saturated carbocycles. The van der Waals surface area contributed by atoms with Gasteiger partial charge < -0.3 is 15.1 Å². The summed E-state index contributed by atoms with van der Waals surface area (Å²) in [6.45, 7) is 0.785. The lowest BCUT2D eigenvalue weighted by atomic mass is 10.1. The number of fused-ring (bicyclic) bond motifs is 2.